The summed E-state index contributed by atoms with van der Waals surface area (Å²) >= 11 is -1.61. The Morgan fingerprint density at radius 2 is 1.78 bits per heavy atom. The smallest absolute Gasteiger partial charge is 0.303 e. The Balaban J connectivity index is 2.09. The molecular formula is C23H32NO6PS. The molecule has 3 unspecified atom stereocenters. The second kappa shape index (κ2) is 11.9. The number of aryl methyl sites for hydroxylation is 1. The fourth-order valence-corrected chi connectivity index (χ4v) is 6.00. The minimum absolute atomic E-state index is 0.0860. The van der Waals surface area contributed by atoms with Crippen molar-refractivity contribution in [3.05, 3.63) is 65.7 Å². The van der Waals surface area contributed by atoms with E-state index in [2.05, 4.69) is 4.72 Å². The third-order valence-electron chi connectivity index (χ3n) is 4.83. The molecule has 2 aromatic rings. The van der Waals surface area contributed by atoms with Crippen LogP contribution >= 0.6 is 7.37 Å². The van der Waals surface area contributed by atoms with E-state index in [1.807, 2.05) is 54.6 Å². The minimum atomic E-state index is -3.87. The number of carboxylic acid groups (broad SMARTS) is 1. The van der Waals surface area contributed by atoms with Gasteiger partial charge in [0.2, 0.25) is 7.37 Å². The predicted octanol–water partition coefficient (Wildman–Crippen LogP) is 4.32. The number of benzene rings is 2. The molecule has 0 saturated heterocycles. The highest BCUT2D eigenvalue weighted by Gasteiger charge is 2.38. The Morgan fingerprint density at radius 1 is 1.16 bits per heavy atom. The lowest BCUT2D eigenvalue weighted by Gasteiger charge is -2.30. The number of rotatable bonds is 12. The maximum atomic E-state index is 13.2. The molecule has 0 radical (unpaired) electrons. The Hall–Kier alpha value is -1.83. The first-order valence-corrected chi connectivity index (χ1v) is 13.5. The van der Waals surface area contributed by atoms with Crippen molar-refractivity contribution < 1.29 is 28.6 Å². The van der Waals surface area contributed by atoms with Crippen LogP contribution in [-0.4, -0.2) is 37.2 Å². The predicted molar refractivity (Wildman–Crippen MR) is 127 cm³/mol. The molecule has 3 N–H and O–H groups in total. The summed E-state index contributed by atoms with van der Waals surface area (Å²) in [5.74, 6) is -1.52. The first-order valence-electron chi connectivity index (χ1n) is 10.4. The van der Waals surface area contributed by atoms with Gasteiger partial charge in [-0.25, -0.2) is 0 Å². The van der Waals surface area contributed by atoms with E-state index in [-0.39, 0.29) is 25.4 Å². The third kappa shape index (κ3) is 8.60. The summed E-state index contributed by atoms with van der Waals surface area (Å²) in [6, 6.07) is 17.0. The molecule has 2 aromatic carbocycles. The summed E-state index contributed by atoms with van der Waals surface area (Å²) in [6.45, 7) is 5.61. The zero-order valence-electron chi connectivity index (χ0n) is 18.7. The van der Waals surface area contributed by atoms with E-state index in [0.717, 1.165) is 11.1 Å². The van der Waals surface area contributed by atoms with Gasteiger partial charge in [0, 0.05) is 23.9 Å². The summed E-state index contributed by atoms with van der Waals surface area (Å²) in [5, 5.41) is 9.03. The van der Waals surface area contributed by atoms with Gasteiger partial charge < -0.3 is 19.3 Å². The number of aliphatic carboxylic acids is 1. The second-order valence-electron chi connectivity index (χ2n) is 8.56. The zero-order chi connectivity index (χ0) is 23.8. The molecule has 0 amide bonds. The maximum absolute atomic E-state index is 13.2. The van der Waals surface area contributed by atoms with E-state index in [1.54, 1.807) is 20.8 Å². The van der Waals surface area contributed by atoms with Crippen molar-refractivity contribution in [1.82, 2.24) is 4.72 Å². The van der Waals surface area contributed by atoms with Crippen LogP contribution in [0.1, 0.15) is 44.7 Å². The number of hydrogen-bond donors (Lipinski definition) is 3. The van der Waals surface area contributed by atoms with Crippen molar-refractivity contribution in [2.45, 2.75) is 57.2 Å². The van der Waals surface area contributed by atoms with E-state index in [1.165, 1.54) is 0 Å². The van der Waals surface area contributed by atoms with Crippen LogP contribution in [0, 0.1) is 0 Å². The average Bonchev–Trinajstić information content (AvgIpc) is 2.74. The highest BCUT2D eigenvalue weighted by atomic mass is 32.2. The second-order valence-corrected chi connectivity index (χ2v) is 13.1. The number of hydrogen-bond acceptors (Lipinski definition) is 5. The number of carboxylic acids is 1. The molecule has 0 fully saturated rings. The van der Waals surface area contributed by atoms with Gasteiger partial charge in [-0.05, 0) is 50.8 Å². The Labute approximate surface area is 193 Å². The van der Waals surface area contributed by atoms with E-state index in [0.29, 0.717) is 12.4 Å². The molecule has 0 saturated carbocycles. The van der Waals surface area contributed by atoms with Gasteiger partial charge in [-0.2, -0.15) is 0 Å². The van der Waals surface area contributed by atoms with Gasteiger partial charge in [-0.3, -0.25) is 9.36 Å². The Kier molecular flexibility index (Phi) is 9.80. The van der Waals surface area contributed by atoms with Gasteiger partial charge in [0.1, 0.15) is 22.9 Å². The summed E-state index contributed by atoms with van der Waals surface area (Å²) in [5.41, 5.74) is 1.80. The van der Waals surface area contributed by atoms with Gasteiger partial charge in [0.05, 0.1) is 0 Å². The quantitative estimate of drug-likeness (QED) is 0.305. The Morgan fingerprint density at radius 3 is 2.41 bits per heavy atom. The fraction of sp³-hybridized carbons (Fsp3) is 0.435. The molecule has 0 aliphatic carbocycles. The van der Waals surface area contributed by atoms with Crippen molar-refractivity contribution in [2.75, 3.05) is 6.16 Å². The van der Waals surface area contributed by atoms with Crippen molar-refractivity contribution >= 4 is 24.7 Å². The van der Waals surface area contributed by atoms with E-state index >= 15 is 0 Å². The highest BCUT2D eigenvalue weighted by Crippen LogP contribution is 2.48. The molecule has 0 heterocycles. The molecule has 176 valence electrons. The van der Waals surface area contributed by atoms with Crippen LogP contribution in [0.3, 0.4) is 0 Å². The average molecular weight is 482 g/mol. The van der Waals surface area contributed by atoms with E-state index in [9.17, 15) is 18.8 Å². The van der Waals surface area contributed by atoms with Crippen LogP contribution < -0.4 is 9.46 Å². The molecule has 0 aliphatic heterocycles. The van der Waals surface area contributed by atoms with Crippen LogP contribution in [0.5, 0.6) is 5.75 Å². The molecule has 0 bridgehead atoms. The van der Waals surface area contributed by atoms with Crippen molar-refractivity contribution in [1.29, 1.82) is 0 Å². The van der Waals surface area contributed by atoms with Gasteiger partial charge in [0.15, 0.2) is 0 Å². The molecule has 3 atom stereocenters. The van der Waals surface area contributed by atoms with Crippen LogP contribution in [0.15, 0.2) is 54.6 Å². The van der Waals surface area contributed by atoms with Crippen LogP contribution in [0.25, 0.3) is 0 Å². The fourth-order valence-electron chi connectivity index (χ4n) is 2.93. The number of carbonyl (C=O) groups is 1. The van der Waals surface area contributed by atoms with E-state index < -0.39 is 35.2 Å². The van der Waals surface area contributed by atoms with Gasteiger partial charge in [0.25, 0.3) is 0 Å². The third-order valence-corrected chi connectivity index (χ3v) is 8.84. The lowest BCUT2D eigenvalue weighted by molar-refractivity contribution is -0.137. The van der Waals surface area contributed by atoms with Crippen LogP contribution in [0.2, 0.25) is 0 Å². The number of para-hydroxylation sites is 1. The molecule has 32 heavy (non-hydrogen) atoms. The first-order chi connectivity index (χ1) is 15.0. The van der Waals surface area contributed by atoms with Crippen LogP contribution in [0.4, 0.5) is 0 Å². The Bertz CT molecular complexity index is 918. The SMILES string of the molecule is CC(C)(C)[S+]([O-])NC(CCC(=O)O)P(=O)(O)CCc1ccccc1OCc1ccccc1. The molecule has 0 aromatic heterocycles. The van der Waals surface area contributed by atoms with Crippen molar-refractivity contribution in [2.24, 2.45) is 0 Å². The van der Waals surface area contributed by atoms with Crippen molar-refractivity contribution in [3.8, 4) is 5.75 Å². The molecular weight excluding hydrogens is 449 g/mol. The number of ether oxygens (including phenoxy) is 1. The maximum Gasteiger partial charge on any atom is 0.303 e. The lowest BCUT2D eigenvalue weighted by Crippen LogP contribution is -2.45. The number of nitrogens with one attached hydrogen (secondary N) is 1. The largest absolute Gasteiger partial charge is 0.598 e. The molecule has 9 heteroatoms. The van der Waals surface area contributed by atoms with Crippen LogP contribution in [-0.2, 0) is 33.7 Å². The molecule has 0 aliphatic rings. The standard InChI is InChI=1S/C23H32NO6PS/c1-23(2,3)32(29)24-21(13-14-22(25)26)31(27,28)16-15-19-11-7-8-12-20(19)30-17-18-9-5-4-6-10-18/h4-12,21,24H,13-17H2,1-3H3,(H,25,26)(H,27,28). The topological polar surface area (TPSA) is 119 Å². The summed E-state index contributed by atoms with van der Waals surface area (Å²) in [4.78, 5) is 21.8. The van der Waals surface area contributed by atoms with Gasteiger partial charge in [-0.15, -0.1) is 4.72 Å². The monoisotopic (exact) mass is 481 g/mol. The van der Waals surface area contributed by atoms with Crippen molar-refractivity contribution in [3.63, 3.8) is 0 Å². The summed E-state index contributed by atoms with van der Waals surface area (Å²) < 4.78 is 33.7. The zero-order valence-corrected chi connectivity index (χ0v) is 20.4. The minimum Gasteiger partial charge on any atom is -0.598 e. The summed E-state index contributed by atoms with van der Waals surface area (Å²) in [6.07, 6.45) is -0.194. The lowest BCUT2D eigenvalue weighted by atomic mass is 10.1. The van der Waals surface area contributed by atoms with Gasteiger partial charge in [-0.1, -0.05) is 48.5 Å². The highest BCUT2D eigenvalue weighted by molar-refractivity contribution is 7.91. The van der Waals surface area contributed by atoms with E-state index in [4.69, 9.17) is 9.84 Å². The first kappa shape index (κ1) is 26.4. The molecule has 7 nitrogen and oxygen atoms in total. The molecule has 2 rings (SSSR count). The van der Waals surface area contributed by atoms with Gasteiger partial charge >= 0.3 is 5.97 Å². The normalized spacial score (nSPS) is 15.5. The molecule has 0 spiro atoms. The summed E-state index contributed by atoms with van der Waals surface area (Å²) in [7, 11) is -3.87.